The van der Waals surface area contributed by atoms with Crippen LogP contribution in [0.2, 0.25) is 0 Å². The SMILES string of the molecule is COc1cc(C[NH2+]CCNc2ccc([N+](=O)[O-])cc2)ccc1OCc1cccs1. The molecule has 0 unspecified atom stereocenters. The van der Waals surface area contributed by atoms with Gasteiger partial charge >= 0.3 is 0 Å². The Labute approximate surface area is 173 Å². The van der Waals surface area contributed by atoms with Crippen molar-refractivity contribution in [3.63, 3.8) is 0 Å². The zero-order valence-electron chi connectivity index (χ0n) is 16.2. The van der Waals surface area contributed by atoms with Crippen LogP contribution in [0.1, 0.15) is 10.4 Å². The number of ether oxygens (including phenoxy) is 2. The Morgan fingerprint density at radius 3 is 2.66 bits per heavy atom. The van der Waals surface area contributed by atoms with Crippen molar-refractivity contribution >= 4 is 22.7 Å². The first-order valence-electron chi connectivity index (χ1n) is 9.28. The lowest BCUT2D eigenvalue weighted by atomic mass is 10.2. The van der Waals surface area contributed by atoms with Crippen molar-refractivity contribution in [2.24, 2.45) is 0 Å². The molecule has 0 atom stereocenters. The summed E-state index contributed by atoms with van der Waals surface area (Å²) in [4.78, 5) is 11.4. The van der Waals surface area contributed by atoms with Gasteiger partial charge in [-0.05, 0) is 41.8 Å². The van der Waals surface area contributed by atoms with E-state index in [1.54, 1.807) is 30.6 Å². The summed E-state index contributed by atoms with van der Waals surface area (Å²) < 4.78 is 11.3. The van der Waals surface area contributed by atoms with Gasteiger partial charge in [-0.15, -0.1) is 11.3 Å². The van der Waals surface area contributed by atoms with Crippen LogP contribution in [0.5, 0.6) is 11.5 Å². The van der Waals surface area contributed by atoms with Crippen LogP contribution >= 0.6 is 11.3 Å². The molecule has 0 saturated carbocycles. The number of nitrogens with two attached hydrogens (primary N) is 1. The van der Waals surface area contributed by atoms with Crippen LogP contribution in [-0.2, 0) is 13.2 Å². The van der Waals surface area contributed by atoms with Gasteiger partial charge < -0.3 is 20.1 Å². The fourth-order valence-electron chi connectivity index (χ4n) is 2.79. The van der Waals surface area contributed by atoms with E-state index in [1.165, 1.54) is 17.0 Å². The summed E-state index contributed by atoms with van der Waals surface area (Å²) >= 11 is 1.67. The molecule has 3 aromatic rings. The van der Waals surface area contributed by atoms with Crippen molar-refractivity contribution < 1.29 is 19.7 Å². The second kappa shape index (κ2) is 10.4. The predicted octanol–water partition coefficient (Wildman–Crippen LogP) is 3.42. The molecule has 1 aromatic heterocycles. The average molecular weight is 415 g/mol. The molecule has 0 aliphatic heterocycles. The minimum absolute atomic E-state index is 0.0962. The number of hydrogen-bond acceptors (Lipinski definition) is 6. The molecule has 0 aliphatic rings. The van der Waals surface area contributed by atoms with Gasteiger partial charge in [0.2, 0.25) is 0 Å². The van der Waals surface area contributed by atoms with Gasteiger partial charge in [-0.1, -0.05) is 6.07 Å². The first-order valence-corrected chi connectivity index (χ1v) is 10.2. The lowest BCUT2D eigenvalue weighted by molar-refractivity contribution is -0.668. The van der Waals surface area contributed by atoms with E-state index in [2.05, 4.69) is 10.6 Å². The number of nitrogens with one attached hydrogen (secondary N) is 1. The highest BCUT2D eigenvalue weighted by Crippen LogP contribution is 2.29. The molecule has 2 aromatic carbocycles. The molecule has 0 fully saturated rings. The van der Waals surface area contributed by atoms with Crippen LogP contribution < -0.4 is 20.1 Å². The fraction of sp³-hybridized carbons (Fsp3) is 0.238. The zero-order valence-corrected chi connectivity index (χ0v) is 17.0. The monoisotopic (exact) mass is 414 g/mol. The van der Waals surface area contributed by atoms with Crippen molar-refractivity contribution in [1.82, 2.24) is 0 Å². The van der Waals surface area contributed by atoms with Crippen LogP contribution in [-0.4, -0.2) is 25.1 Å². The number of rotatable bonds is 11. The molecule has 0 saturated heterocycles. The Bertz CT molecular complexity index is 914. The number of hydrogen-bond donors (Lipinski definition) is 2. The summed E-state index contributed by atoms with van der Waals surface area (Å²) in [6.45, 7) is 2.99. The number of quaternary nitrogens is 1. The predicted molar refractivity (Wildman–Crippen MR) is 114 cm³/mol. The van der Waals surface area contributed by atoms with Crippen molar-refractivity contribution in [1.29, 1.82) is 0 Å². The second-order valence-corrected chi connectivity index (χ2v) is 7.40. The summed E-state index contributed by atoms with van der Waals surface area (Å²) in [6.07, 6.45) is 0. The van der Waals surface area contributed by atoms with Crippen LogP contribution in [0.3, 0.4) is 0 Å². The maximum atomic E-state index is 10.7. The summed E-state index contributed by atoms with van der Waals surface area (Å²) in [5.41, 5.74) is 2.12. The Morgan fingerprint density at radius 2 is 1.97 bits per heavy atom. The zero-order chi connectivity index (χ0) is 20.5. The Hall–Kier alpha value is -3.10. The van der Waals surface area contributed by atoms with Crippen molar-refractivity contribution in [2.75, 3.05) is 25.5 Å². The van der Waals surface area contributed by atoms with Gasteiger partial charge in [0.1, 0.15) is 13.2 Å². The lowest BCUT2D eigenvalue weighted by Gasteiger charge is -2.11. The maximum absolute atomic E-state index is 10.7. The molecule has 1 heterocycles. The molecular formula is C21H24N3O4S+. The highest BCUT2D eigenvalue weighted by Gasteiger charge is 2.08. The third-order valence-corrected chi connectivity index (χ3v) is 5.16. The Balaban J connectivity index is 1.42. The molecule has 0 radical (unpaired) electrons. The number of nitro benzene ring substituents is 1. The van der Waals surface area contributed by atoms with Crippen LogP contribution in [0.25, 0.3) is 0 Å². The van der Waals surface area contributed by atoms with Gasteiger partial charge in [-0.3, -0.25) is 10.1 Å². The number of non-ortho nitro benzene ring substituents is 1. The molecule has 29 heavy (non-hydrogen) atoms. The highest BCUT2D eigenvalue weighted by atomic mass is 32.1. The van der Waals surface area contributed by atoms with E-state index >= 15 is 0 Å². The van der Waals surface area contributed by atoms with E-state index in [-0.39, 0.29) is 5.69 Å². The topological polar surface area (TPSA) is 90.2 Å². The van der Waals surface area contributed by atoms with E-state index < -0.39 is 4.92 Å². The van der Waals surface area contributed by atoms with Gasteiger partial charge in [0, 0.05) is 28.3 Å². The van der Waals surface area contributed by atoms with Crippen LogP contribution in [0.15, 0.2) is 60.0 Å². The van der Waals surface area contributed by atoms with E-state index in [9.17, 15) is 10.1 Å². The van der Waals surface area contributed by atoms with Crippen molar-refractivity contribution in [3.05, 3.63) is 80.5 Å². The van der Waals surface area contributed by atoms with E-state index in [4.69, 9.17) is 9.47 Å². The standard InChI is InChI=1S/C21H23N3O4S/c1-27-21-13-16(4-9-20(21)28-15-19-3-2-12-29-19)14-22-10-11-23-17-5-7-18(8-6-17)24(25)26/h2-9,12-13,22-23H,10-11,14-15H2,1H3/p+1. The van der Waals surface area contributed by atoms with Gasteiger partial charge in [0.25, 0.3) is 5.69 Å². The normalized spacial score (nSPS) is 10.5. The molecular weight excluding hydrogens is 390 g/mol. The minimum Gasteiger partial charge on any atom is -0.493 e. The number of anilines is 1. The summed E-state index contributed by atoms with van der Waals surface area (Å²) in [5, 5.41) is 18.2. The minimum atomic E-state index is -0.398. The first-order chi connectivity index (χ1) is 14.2. The summed E-state index contributed by atoms with van der Waals surface area (Å²) in [7, 11) is 1.65. The molecule has 3 N–H and O–H groups in total. The second-order valence-electron chi connectivity index (χ2n) is 6.37. The number of methoxy groups -OCH3 is 1. The molecule has 0 aliphatic carbocycles. The summed E-state index contributed by atoms with van der Waals surface area (Å²) in [5.74, 6) is 1.47. The number of nitro groups is 1. The van der Waals surface area contributed by atoms with E-state index in [1.807, 2.05) is 35.7 Å². The molecule has 0 spiro atoms. The number of benzene rings is 2. The first kappa shape index (κ1) is 20.6. The molecule has 0 amide bonds. The fourth-order valence-corrected chi connectivity index (χ4v) is 3.41. The largest absolute Gasteiger partial charge is 0.493 e. The lowest BCUT2D eigenvalue weighted by Crippen LogP contribution is -2.83. The molecule has 8 heteroatoms. The van der Waals surface area contributed by atoms with Crippen LogP contribution in [0, 0.1) is 10.1 Å². The molecule has 7 nitrogen and oxygen atoms in total. The van der Waals surface area contributed by atoms with Crippen molar-refractivity contribution in [2.45, 2.75) is 13.2 Å². The molecule has 0 bridgehead atoms. The van der Waals surface area contributed by atoms with Crippen molar-refractivity contribution in [3.8, 4) is 11.5 Å². The Morgan fingerprint density at radius 1 is 1.14 bits per heavy atom. The van der Waals surface area contributed by atoms with E-state index in [0.717, 1.165) is 42.4 Å². The van der Waals surface area contributed by atoms with Gasteiger partial charge in [-0.2, -0.15) is 0 Å². The van der Waals surface area contributed by atoms with Gasteiger partial charge in [0.05, 0.1) is 25.1 Å². The highest BCUT2D eigenvalue weighted by molar-refractivity contribution is 7.09. The Kier molecular flexibility index (Phi) is 7.43. The smallest absolute Gasteiger partial charge is 0.269 e. The van der Waals surface area contributed by atoms with Gasteiger partial charge in [0.15, 0.2) is 11.5 Å². The molecule has 152 valence electrons. The molecule has 3 rings (SSSR count). The third-order valence-electron chi connectivity index (χ3n) is 4.31. The van der Waals surface area contributed by atoms with Gasteiger partial charge in [-0.25, -0.2) is 0 Å². The quantitative estimate of drug-likeness (QED) is 0.285. The average Bonchev–Trinajstić information content (AvgIpc) is 3.26. The summed E-state index contributed by atoms with van der Waals surface area (Å²) in [6, 6.07) is 16.5. The van der Waals surface area contributed by atoms with E-state index in [0.29, 0.717) is 6.61 Å². The maximum Gasteiger partial charge on any atom is 0.269 e. The number of nitrogens with zero attached hydrogens (tertiary/aromatic N) is 1. The van der Waals surface area contributed by atoms with Crippen LogP contribution in [0.4, 0.5) is 11.4 Å². The third kappa shape index (κ3) is 6.20. The number of thiophene rings is 1.